The molecule has 1 heterocycles. The van der Waals surface area contributed by atoms with Gasteiger partial charge in [-0.05, 0) is 63.6 Å². The molecule has 0 aromatic heterocycles. The number of halogens is 1. The molecule has 3 amide bonds. The molecule has 1 saturated heterocycles. The second kappa shape index (κ2) is 11.3. The van der Waals surface area contributed by atoms with Crippen molar-refractivity contribution in [2.45, 2.75) is 52.1 Å². The van der Waals surface area contributed by atoms with Gasteiger partial charge in [0.25, 0.3) is 0 Å². The summed E-state index contributed by atoms with van der Waals surface area (Å²) in [7, 11) is 0. The summed E-state index contributed by atoms with van der Waals surface area (Å²) < 4.78 is 6.15. The summed E-state index contributed by atoms with van der Waals surface area (Å²) >= 11 is 3.44. The predicted octanol–water partition coefficient (Wildman–Crippen LogP) is 3.26. The Balaban J connectivity index is 1.61. The number of nitrogens with zero attached hydrogens (tertiary/aromatic N) is 1. The summed E-state index contributed by atoms with van der Waals surface area (Å²) in [6, 6.07) is 7.98. The number of carbonyl (C=O) groups excluding carboxylic acids is 3. The molecule has 0 radical (unpaired) electrons. The van der Waals surface area contributed by atoms with E-state index in [4.69, 9.17) is 4.74 Å². The van der Waals surface area contributed by atoms with Crippen molar-refractivity contribution in [1.82, 2.24) is 15.5 Å². The topological polar surface area (TPSA) is 87.7 Å². The predicted molar refractivity (Wildman–Crippen MR) is 119 cm³/mol. The molecule has 1 aromatic carbocycles. The van der Waals surface area contributed by atoms with Crippen LogP contribution in [0, 0.1) is 5.92 Å². The van der Waals surface area contributed by atoms with Crippen LogP contribution in [-0.4, -0.2) is 54.6 Å². The second-order valence-electron chi connectivity index (χ2n) is 8.61. The lowest BCUT2D eigenvalue weighted by Gasteiger charge is -2.32. The highest BCUT2D eigenvalue weighted by Crippen LogP contribution is 2.17. The highest BCUT2D eigenvalue weighted by molar-refractivity contribution is 9.10. The number of nitrogens with one attached hydrogen (secondary N) is 2. The molecule has 0 aliphatic carbocycles. The van der Waals surface area contributed by atoms with Gasteiger partial charge in [-0.15, -0.1) is 0 Å². The largest absolute Gasteiger partial charge is 0.444 e. The van der Waals surface area contributed by atoms with Crippen LogP contribution in [0.3, 0.4) is 0 Å². The van der Waals surface area contributed by atoms with Gasteiger partial charge in [-0.25, -0.2) is 4.79 Å². The van der Waals surface area contributed by atoms with E-state index in [9.17, 15) is 14.4 Å². The lowest BCUT2D eigenvalue weighted by molar-refractivity contribution is -0.131. The molecule has 166 valence electrons. The van der Waals surface area contributed by atoms with Gasteiger partial charge in [-0.2, -0.15) is 0 Å². The van der Waals surface area contributed by atoms with Crippen LogP contribution in [-0.2, 0) is 20.7 Å². The summed E-state index contributed by atoms with van der Waals surface area (Å²) in [5, 5.41) is 5.52. The second-order valence-corrected chi connectivity index (χ2v) is 9.53. The fourth-order valence-corrected chi connectivity index (χ4v) is 3.70. The number of hydrogen-bond acceptors (Lipinski definition) is 4. The Kier molecular flexibility index (Phi) is 9.14. The maximum Gasteiger partial charge on any atom is 0.408 e. The first kappa shape index (κ1) is 24.2. The minimum atomic E-state index is -0.589. The van der Waals surface area contributed by atoms with Crippen LogP contribution in [0.4, 0.5) is 4.79 Å². The minimum Gasteiger partial charge on any atom is -0.444 e. The van der Waals surface area contributed by atoms with E-state index in [1.165, 1.54) is 0 Å². The Hall–Kier alpha value is -2.09. The number of benzene rings is 1. The van der Waals surface area contributed by atoms with Crippen molar-refractivity contribution in [3.05, 3.63) is 34.3 Å². The minimum absolute atomic E-state index is 0.0510. The fraction of sp³-hybridized carbons (Fsp3) is 0.591. The Morgan fingerprint density at radius 3 is 2.50 bits per heavy atom. The average molecular weight is 482 g/mol. The van der Waals surface area contributed by atoms with Crippen LogP contribution in [0.15, 0.2) is 28.7 Å². The number of carbonyl (C=O) groups is 3. The van der Waals surface area contributed by atoms with Crippen LogP contribution in [0.25, 0.3) is 0 Å². The Morgan fingerprint density at radius 2 is 1.87 bits per heavy atom. The zero-order valence-electron chi connectivity index (χ0n) is 18.0. The molecule has 0 unspecified atom stereocenters. The van der Waals surface area contributed by atoms with Gasteiger partial charge in [-0.1, -0.05) is 28.1 Å². The number of likely N-dealkylation sites (tertiary alicyclic amines) is 1. The van der Waals surface area contributed by atoms with Gasteiger partial charge in [0.05, 0.1) is 0 Å². The van der Waals surface area contributed by atoms with Crippen LogP contribution in [0.1, 0.15) is 45.6 Å². The molecule has 7 nitrogen and oxygen atoms in total. The molecular weight excluding hydrogens is 450 g/mol. The van der Waals surface area contributed by atoms with E-state index in [1.807, 2.05) is 24.3 Å². The van der Waals surface area contributed by atoms with Crippen molar-refractivity contribution >= 4 is 33.8 Å². The van der Waals surface area contributed by atoms with Crippen LogP contribution in [0.5, 0.6) is 0 Å². The standard InChI is InChI=1S/C22H32BrN3O4/c1-22(2,3)30-21(29)25-15-20(28)26-11-9-17(10-12-26)14-24-19(27)8-7-16-5-4-6-18(23)13-16/h4-6,13,17H,7-12,14-15H2,1-3H3,(H,24,27)(H,25,29). The van der Waals surface area contributed by atoms with E-state index in [2.05, 4.69) is 26.6 Å². The van der Waals surface area contributed by atoms with Gasteiger partial charge in [0.15, 0.2) is 0 Å². The molecule has 1 aliphatic rings. The molecule has 30 heavy (non-hydrogen) atoms. The number of hydrogen-bond donors (Lipinski definition) is 2. The van der Waals surface area contributed by atoms with E-state index in [1.54, 1.807) is 25.7 Å². The normalized spacial score (nSPS) is 14.9. The number of amides is 3. The Morgan fingerprint density at radius 1 is 1.17 bits per heavy atom. The first-order valence-electron chi connectivity index (χ1n) is 10.4. The fourth-order valence-electron chi connectivity index (χ4n) is 3.26. The van der Waals surface area contributed by atoms with Crippen molar-refractivity contribution in [3.8, 4) is 0 Å². The molecule has 2 rings (SSSR count). The molecular formula is C22H32BrN3O4. The number of rotatable bonds is 7. The number of aryl methyl sites for hydroxylation is 1. The first-order chi connectivity index (χ1) is 14.1. The summed E-state index contributed by atoms with van der Waals surface area (Å²) in [4.78, 5) is 37.8. The van der Waals surface area contributed by atoms with Crippen LogP contribution in [0.2, 0.25) is 0 Å². The van der Waals surface area contributed by atoms with Gasteiger partial charge >= 0.3 is 6.09 Å². The van der Waals surface area contributed by atoms with Crippen molar-refractivity contribution in [1.29, 1.82) is 0 Å². The maximum atomic E-state index is 12.3. The van der Waals surface area contributed by atoms with E-state index in [-0.39, 0.29) is 18.4 Å². The zero-order valence-corrected chi connectivity index (χ0v) is 19.6. The maximum absolute atomic E-state index is 12.3. The number of ether oxygens (including phenoxy) is 1. The van der Waals surface area contributed by atoms with Gasteiger partial charge in [0.1, 0.15) is 12.1 Å². The highest BCUT2D eigenvalue weighted by Gasteiger charge is 2.24. The molecule has 0 saturated carbocycles. The summed E-state index contributed by atoms with van der Waals surface area (Å²) in [5.74, 6) is 0.301. The lowest BCUT2D eigenvalue weighted by Crippen LogP contribution is -2.46. The molecule has 1 fully saturated rings. The molecule has 2 N–H and O–H groups in total. The Labute approximate surface area is 187 Å². The van der Waals surface area contributed by atoms with Gasteiger partial charge in [-0.3, -0.25) is 9.59 Å². The Bertz CT molecular complexity index is 740. The molecule has 1 aromatic rings. The third-order valence-corrected chi connectivity index (χ3v) is 5.36. The zero-order chi connectivity index (χ0) is 22.1. The van der Waals surface area contributed by atoms with E-state index >= 15 is 0 Å². The molecule has 0 spiro atoms. The van der Waals surface area contributed by atoms with Crippen LogP contribution < -0.4 is 10.6 Å². The van der Waals surface area contributed by atoms with Crippen molar-refractivity contribution < 1.29 is 19.1 Å². The monoisotopic (exact) mass is 481 g/mol. The van der Waals surface area contributed by atoms with Gasteiger partial charge in [0.2, 0.25) is 11.8 Å². The smallest absolute Gasteiger partial charge is 0.408 e. The van der Waals surface area contributed by atoms with E-state index in [0.717, 1.165) is 22.9 Å². The highest BCUT2D eigenvalue weighted by atomic mass is 79.9. The van der Waals surface area contributed by atoms with Crippen LogP contribution >= 0.6 is 15.9 Å². The summed E-state index contributed by atoms with van der Waals surface area (Å²) in [6.45, 7) is 7.16. The molecule has 1 aliphatic heterocycles. The number of alkyl carbamates (subject to hydrolysis) is 1. The van der Waals surface area contributed by atoms with Crippen molar-refractivity contribution in [3.63, 3.8) is 0 Å². The third-order valence-electron chi connectivity index (χ3n) is 4.87. The molecule has 8 heteroatoms. The quantitative estimate of drug-likeness (QED) is 0.625. The van der Waals surface area contributed by atoms with Crippen molar-refractivity contribution in [2.75, 3.05) is 26.2 Å². The third kappa shape index (κ3) is 9.15. The summed E-state index contributed by atoms with van der Waals surface area (Å²) in [5.41, 5.74) is 0.541. The summed E-state index contributed by atoms with van der Waals surface area (Å²) in [6.07, 6.45) is 2.26. The van der Waals surface area contributed by atoms with E-state index < -0.39 is 11.7 Å². The average Bonchev–Trinajstić information content (AvgIpc) is 2.68. The first-order valence-corrected chi connectivity index (χ1v) is 11.2. The van der Waals surface area contributed by atoms with Crippen molar-refractivity contribution in [2.24, 2.45) is 5.92 Å². The molecule has 0 bridgehead atoms. The van der Waals surface area contributed by atoms with Gasteiger partial charge < -0.3 is 20.3 Å². The SMILES string of the molecule is CC(C)(C)OC(=O)NCC(=O)N1CCC(CNC(=O)CCc2cccc(Br)c2)CC1. The molecule has 0 atom stereocenters. The van der Waals surface area contributed by atoms with Gasteiger partial charge in [0, 0.05) is 30.5 Å². The lowest BCUT2D eigenvalue weighted by atomic mass is 9.96. The number of piperidine rings is 1. The van der Waals surface area contributed by atoms with E-state index in [0.29, 0.717) is 38.4 Å².